The fraction of sp³-hybridized carbons (Fsp3) is 0.316. The number of nitrogens with zero attached hydrogens (tertiary/aromatic N) is 1. The van der Waals surface area contributed by atoms with Crippen molar-refractivity contribution < 1.29 is 23.4 Å². The number of hydrogen-bond donors (Lipinski definition) is 1. The number of hydrogen-bond acceptors (Lipinski definition) is 3. The van der Waals surface area contributed by atoms with E-state index >= 15 is 0 Å². The van der Waals surface area contributed by atoms with Crippen molar-refractivity contribution in [2.45, 2.75) is 18.4 Å². The van der Waals surface area contributed by atoms with Crippen molar-refractivity contribution in [3.8, 4) is 5.75 Å². The van der Waals surface area contributed by atoms with Crippen LogP contribution in [0.4, 0.5) is 8.78 Å². The molecule has 7 heteroatoms. The summed E-state index contributed by atoms with van der Waals surface area (Å²) in [6, 6.07) is 9.51. The molecule has 0 saturated carbocycles. The maximum absolute atomic E-state index is 13.9. The van der Waals surface area contributed by atoms with Gasteiger partial charge in [-0.1, -0.05) is 17.7 Å². The van der Waals surface area contributed by atoms with Crippen molar-refractivity contribution in [2.75, 3.05) is 19.7 Å². The van der Waals surface area contributed by atoms with Crippen LogP contribution in [0.3, 0.4) is 0 Å². The van der Waals surface area contributed by atoms with E-state index in [1.165, 1.54) is 4.90 Å². The molecule has 1 atom stereocenters. The lowest BCUT2D eigenvalue weighted by molar-refractivity contribution is -0.0532. The van der Waals surface area contributed by atoms with E-state index in [4.69, 9.17) is 16.3 Å². The Morgan fingerprint density at radius 2 is 2.08 bits per heavy atom. The smallest absolute Gasteiger partial charge is 0.257 e. The van der Waals surface area contributed by atoms with Crippen molar-refractivity contribution in [3.63, 3.8) is 0 Å². The zero-order valence-corrected chi connectivity index (χ0v) is 14.7. The SMILES string of the molecule is O=C(c1cc(F)ccc1F)N1CCCC(O)(COc2cccc(Cl)c2)C1. The van der Waals surface area contributed by atoms with Gasteiger partial charge in [-0.15, -0.1) is 0 Å². The summed E-state index contributed by atoms with van der Waals surface area (Å²) in [4.78, 5) is 13.9. The minimum atomic E-state index is -1.28. The summed E-state index contributed by atoms with van der Waals surface area (Å²) in [5, 5.41) is 11.3. The molecule has 0 aromatic heterocycles. The van der Waals surface area contributed by atoms with Crippen LogP contribution in [-0.2, 0) is 0 Å². The molecule has 1 saturated heterocycles. The van der Waals surface area contributed by atoms with Gasteiger partial charge in [-0.05, 0) is 49.2 Å². The number of piperidine rings is 1. The van der Waals surface area contributed by atoms with Crippen molar-refractivity contribution in [2.24, 2.45) is 0 Å². The molecule has 1 N–H and O–H groups in total. The van der Waals surface area contributed by atoms with E-state index in [0.717, 1.165) is 18.2 Å². The number of ether oxygens (including phenoxy) is 1. The molecule has 0 spiro atoms. The number of benzene rings is 2. The number of carbonyl (C=O) groups is 1. The highest BCUT2D eigenvalue weighted by atomic mass is 35.5. The van der Waals surface area contributed by atoms with Gasteiger partial charge in [0.05, 0.1) is 12.1 Å². The summed E-state index contributed by atoms with van der Waals surface area (Å²) in [6.45, 7) is 0.291. The first-order valence-electron chi connectivity index (χ1n) is 8.21. The third-order valence-electron chi connectivity index (χ3n) is 4.30. The maximum atomic E-state index is 13.9. The lowest BCUT2D eigenvalue weighted by atomic mass is 9.93. The van der Waals surface area contributed by atoms with E-state index in [-0.39, 0.29) is 18.7 Å². The van der Waals surface area contributed by atoms with Crippen molar-refractivity contribution >= 4 is 17.5 Å². The molecule has 138 valence electrons. The average Bonchev–Trinajstić information content (AvgIpc) is 2.62. The number of amides is 1. The minimum Gasteiger partial charge on any atom is -0.490 e. The molecule has 2 aromatic carbocycles. The lowest BCUT2D eigenvalue weighted by Crippen LogP contribution is -2.53. The minimum absolute atomic E-state index is 0.0254. The summed E-state index contributed by atoms with van der Waals surface area (Å²) >= 11 is 5.90. The molecular formula is C19H18ClF2NO3. The van der Waals surface area contributed by atoms with Crippen molar-refractivity contribution in [1.82, 2.24) is 4.90 Å². The zero-order chi connectivity index (χ0) is 18.7. The fourth-order valence-corrected chi connectivity index (χ4v) is 3.19. The first-order chi connectivity index (χ1) is 12.4. The van der Waals surface area contributed by atoms with Gasteiger partial charge in [0.25, 0.3) is 5.91 Å². The number of rotatable bonds is 4. The Morgan fingerprint density at radius 3 is 2.85 bits per heavy atom. The van der Waals surface area contributed by atoms with Crippen LogP contribution in [-0.4, -0.2) is 41.2 Å². The Balaban J connectivity index is 1.69. The van der Waals surface area contributed by atoms with E-state index in [1.807, 2.05) is 0 Å². The van der Waals surface area contributed by atoms with Gasteiger partial charge in [-0.2, -0.15) is 0 Å². The highest BCUT2D eigenvalue weighted by Gasteiger charge is 2.37. The quantitative estimate of drug-likeness (QED) is 0.879. The molecule has 1 amide bonds. The number of likely N-dealkylation sites (tertiary alicyclic amines) is 1. The molecule has 0 aliphatic carbocycles. The molecule has 2 aromatic rings. The number of β-amino-alcohol motifs (C(OH)–C–C–N with tert-alkyl or cyclic N) is 1. The van der Waals surface area contributed by atoms with Crippen LogP contribution in [0.5, 0.6) is 5.75 Å². The molecule has 26 heavy (non-hydrogen) atoms. The Morgan fingerprint density at radius 1 is 1.27 bits per heavy atom. The van der Waals surface area contributed by atoms with E-state index < -0.39 is 23.1 Å². The van der Waals surface area contributed by atoms with Gasteiger partial charge in [0.15, 0.2) is 0 Å². The van der Waals surface area contributed by atoms with Crippen molar-refractivity contribution in [3.05, 3.63) is 64.7 Å². The van der Waals surface area contributed by atoms with Crippen LogP contribution in [0.1, 0.15) is 23.2 Å². The highest BCUT2D eigenvalue weighted by Crippen LogP contribution is 2.26. The Labute approximate surface area is 155 Å². The highest BCUT2D eigenvalue weighted by molar-refractivity contribution is 6.30. The van der Waals surface area contributed by atoms with Gasteiger partial charge >= 0.3 is 0 Å². The van der Waals surface area contributed by atoms with Gasteiger partial charge < -0.3 is 14.7 Å². The monoisotopic (exact) mass is 381 g/mol. The number of halogens is 3. The maximum Gasteiger partial charge on any atom is 0.257 e. The standard InChI is InChI=1S/C19H18ClF2NO3/c20-13-3-1-4-15(9-13)26-12-19(25)7-2-8-23(11-19)18(24)16-10-14(21)5-6-17(16)22/h1,3-6,9-10,25H,2,7-8,11-12H2. The second-order valence-electron chi connectivity index (χ2n) is 6.42. The second kappa shape index (κ2) is 7.60. The van der Waals surface area contributed by atoms with Crippen molar-refractivity contribution in [1.29, 1.82) is 0 Å². The molecule has 0 bridgehead atoms. The van der Waals surface area contributed by atoms with E-state index in [0.29, 0.717) is 30.2 Å². The Bertz CT molecular complexity index is 817. The molecular weight excluding hydrogens is 364 g/mol. The summed E-state index contributed by atoms with van der Waals surface area (Å²) in [5.74, 6) is -1.62. The Kier molecular flexibility index (Phi) is 5.44. The molecule has 1 aliphatic heterocycles. The first kappa shape index (κ1) is 18.6. The van der Waals surface area contributed by atoms with Crippen LogP contribution in [0, 0.1) is 11.6 Å². The predicted molar refractivity (Wildman–Crippen MR) is 93.4 cm³/mol. The predicted octanol–water partition coefficient (Wildman–Crippen LogP) is 3.66. The van der Waals surface area contributed by atoms with Gasteiger partial charge in [-0.3, -0.25) is 4.79 Å². The molecule has 3 rings (SSSR count). The Hall–Kier alpha value is -2.18. The largest absolute Gasteiger partial charge is 0.490 e. The summed E-state index contributed by atoms with van der Waals surface area (Å²) in [5.41, 5.74) is -1.62. The molecule has 1 aliphatic rings. The zero-order valence-electron chi connectivity index (χ0n) is 13.9. The number of carbonyl (C=O) groups excluding carboxylic acids is 1. The molecule has 1 fully saturated rings. The van der Waals surface area contributed by atoms with E-state index in [2.05, 4.69) is 0 Å². The average molecular weight is 382 g/mol. The second-order valence-corrected chi connectivity index (χ2v) is 6.86. The normalized spacial score (nSPS) is 20.1. The van der Waals surface area contributed by atoms with Crippen LogP contribution in [0.15, 0.2) is 42.5 Å². The number of aliphatic hydroxyl groups is 1. The first-order valence-corrected chi connectivity index (χ1v) is 8.59. The van der Waals surface area contributed by atoms with Crippen LogP contribution >= 0.6 is 11.6 Å². The fourth-order valence-electron chi connectivity index (χ4n) is 3.01. The topological polar surface area (TPSA) is 49.8 Å². The van der Waals surface area contributed by atoms with Gasteiger partial charge in [0, 0.05) is 11.6 Å². The summed E-state index contributed by atoms with van der Waals surface area (Å²) < 4.78 is 32.8. The third-order valence-corrected chi connectivity index (χ3v) is 4.54. The van der Waals surface area contributed by atoms with Crippen LogP contribution < -0.4 is 4.74 Å². The third kappa shape index (κ3) is 4.31. The molecule has 1 unspecified atom stereocenters. The summed E-state index contributed by atoms with van der Waals surface area (Å²) in [6.07, 6.45) is 0.959. The van der Waals surface area contributed by atoms with Gasteiger partial charge in [0.2, 0.25) is 0 Å². The lowest BCUT2D eigenvalue weighted by Gasteiger charge is -2.39. The van der Waals surface area contributed by atoms with E-state index in [1.54, 1.807) is 24.3 Å². The van der Waals surface area contributed by atoms with Crippen LogP contribution in [0.25, 0.3) is 0 Å². The van der Waals surface area contributed by atoms with E-state index in [9.17, 15) is 18.7 Å². The molecule has 0 radical (unpaired) electrons. The van der Waals surface area contributed by atoms with Gasteiger partial charge in [0.1, 0.15) is 29.6 Å². The summed E-state index contributed by atoms with van der Waals surface area (Å²) in [7, 11) is 0. The molecule has 1 heterocycles. The van der Waals surface area contributed by atoms with Crippen LogP contribution in [0.2, 0.25) is 5.02 Å². The van der Waals surface area contributed by atoms with Gasteiger partial charge in [-0.25, -0.2) is 8.78 Å². The molecule has 4 nitrogen and oxygen atoms in total.